The van der Waals surface area contributed by atoms with Gasteiger partial charge in [0.2, 0.25) is 10.0 Å². The Morgan fingerprint density at radius 3 is 2.41 bits per heavy atom. The average Bonchev–Trinajstić information content (AvgIpc) is 3.11. The number of carbonyl (C=O) groups excluding carboxylic acids is 1. The molecule has 7 nitrogen and oxygen atoms in total. The third-order valence-corrected chi connectivity index (χ3v) is 6.40. The number of hydrogen-bond acceptors (Lipinski definition) is 4. The second kappa shape index (κ2) is 6.87. The Balaban J connectivity index is 1.73. The first-order valence-corrected chi connectivity index (χ1v) is 9.86. The van der Waals surface area contributed by atoms with Crippen LogP contribution in [0.3, 0.4) is 0 Å². The molecule has 1 aromatic heterocycles. The summed E-state index contributed by atoms with van der Waals surface area (Å²) in [7, 11) is -3.95. The first-order valence-electron chi connectivity index (χ1n) is 8.42. The number of fused-ring (bicyclic) bond motifs is 1. The molecular weight excluding hydrogens is 411 g/mol. The summed E-state index contributed by atoms with van der Waals surface area (Å²) in [6.07, 6.45) is 0.757. The number of aromatic amines is 1. The monoisotopic (exact) mass is 425 g/mol. The maximum atomic E-state index is 13.4. The van der Waals surface area contributed by atoms with E-state index < -0.39 is 39.5 Å². The molecule has 11 heteroatoms. The molecule has 2 heterocycles. The Kier molecular flexibility index (Phi) is 4.60. The number of aliphatic hydroxyl groups is 1. The third kappa shape index (κ3) is 3.37. The van der Waals surface area contributed by atoms with Gasteiger partial charge in [-0.05, 0) is 18.2 Å². The lowest BCUT2D eigenvalue weighted by Gasteiger charge is -2.34. The number of sulfonamides is 1. The van der Waals surface area contributed by atoms with Gasteiger partial charge in [-0.1, -0.05) is 0 Å². The molecule has 0 aliphatic carbocycles. The molecule has 0 saturated carbocycles. The number of aromatic nitrogens is 1. The number of hydrogen-bond donors (Lipinski definition) is 3. The predicted molar refractivity (Wildman–Crippen MR) is 97.3 cm³/mol. The van der Waals surface area contributed by atoms with Crippen LogP contribution in [0, 0.1) is 17.5 Å². The summed E-state index contributed by atoms with van der Waals surface area (Å²) >= 11 is 0. The van der Waals surface area contributed by atoms with Crippen molar-refractivity contribution in [3.05, 3.63) is 59.5 Å². The minimum absolute atomic E-state index is 0.0548. The highest BCUT2D eigenvalue weighted by molar-refractivity contribution is 7.89. The largest absolute Gasteiger partial charge is 0.390 e. The molecule has 1 aliphatic heterocycles. The Morgan fingerprint density at radius 1 is 1.14 bits per heavy atom. The zero-order chi connectivity index (χ0) is 20.9. The Bertz CT molecular complexity index is 1210. The Hall–Kier alpha value is -2.89. The van der Waals surface area contributed by atoms with Crippen LogP contribution in [-0.2, 0) is 10.0 Å². The van der Waals surface area contributed by atoms with E-state index in [9.17, 15) is 31.5 Å². The second-order valence-electron chi connectivity index (χ2n) is 6.59. The van der Waals surface area contributed by atoms with Crippen LogP contribution in [-0.4, -0.2) is 47.9 Å². The van der Waals surface area contributed by atoms with Crippen molar-refractivity contribution in [1.29, 1.82) is 0 Å². The predicted octanol–water partition coefficient (Wildman–Crippen LogP) is 2.20. The molecule has 1 fully saturated rings. The molecule has 0 atom stereocenters. The summed E-state index contributed by atoms with van der Waals surface area (Å²) in [5.41, 5.74) is -0.0310. The van der Waals surface area contributed by atoms with Crippen LogP contribution < -0.4 is 5.32 Å². The second-order valence-corrected chi connectivity index (χ2v) is 8.53. The van der Waals surface area contributed by atoms with Crippen LogP contribution in [0.1, 0.15) is 10.4 Å². The highest BCUT2D eigenvalue weighted by Crippen LogP contribution is 2.28. The number of nitrogens with one attached hydrogen (secondary N) is 2. The Morgan fingerprint density at radius 2 is 1.79 bits per heavy atom. The topological polar surface area (TPSA) is 102 Å². The van der Waals surface area contributed by atoms with E-state index in [1.807, 2.05) is 0 Å². The van der Waals surface area contributed by atoms with Gasteiger partial charge in [0.05, 0.1) is 16.6 Å². The van der Waals surface area contributed by atoms with Gasteiger partial charge >= 0.3 is 0 Å². The number of aliphatic hydroxyl groups excluding tert-OH is 1. The average molecular weight is 425 g/mol. The van der Waals surface area contributed by atoms with Crippen molar-refractivity contribution >= 4 is 32.5 Å². The minimum atomic E-state index is -3.95. The SMILES string of the molecule is O=C(Nc1cc(F)c(F)c(F)c1)c1cc(S(=O)(=O)N2CC(O)C2)cc2[nH]ccc12. The number of β-amino-alcohol motifs (C(OH)–C–C–N with tert-alkyl or cyclic N) is 1. The molecule has 1 aliphatic rings. The molecule has 2 aromatic carbocycles. The van der Waals surface area contributed by atoms with Gasteiger partial charge < -0.3 is 15.4 Å². The quantitative estimate of drug-likeness (QED) is 0.558. The molecule has 3 aromatic rings. The maximum absolute atomic E-state index is 13.4. The molecule has 4 rings (SSSR count). The standard InChI is InChI=1S/C18H14F3N3O4S/c19-14-3-9(4-15(20)17(14)21)23-18(26)13-5-11(6-16-12(13)1-2-22-16)29(27,28)24-7-10(25)8-24/h1-6,10,22,25H,7-8H2,(H,23,26). The van der Waals surface area contributed by atoms with Crippen LogP contribution in [0.5, 0.6) is 0 Å². The smallest absolute Gasteiger partial charge is 0.256 e. The molecule has 0 spiro atoms. The van der Waals surface area contributed by atoms with E-state index in [1.54, 1.807) is 6.07 Å². The fraction of sp³-hybridized carbons (Fsp3) is 0.167. The number of amides is 1. The number of rotatable bonds is 4. The van der Waals surface area contributed by atoms with E-state index in [4.69, 9.17) is 0 Å². The Labute approximate surface area is 162 Å². The lowest BCUT2D eigenvalue weighted by Crippen LogP contribution is -2.53. The van der Waals surface area contributed by atoms with Crippen molar-refractivity contribution in [3.63, 3.8) is 0 Å². The summed E-state index contributed by atoms with van der Waals surface area (Å²) in [5, 5.41) is 12.0. The molecule has 1 amide bonds. The van der Waals surface area contributed by atoms with Crippen LogP contribution in [0.15, 0.2) is 41.4 Å². The summed E-state index contributed by atoms with van der Waals surface area (Å²) in [5.74, 6) is -5.44. The number of H-pyrrole nitrogens is 1. The van der Waals surface area contributed by atoms with Crippen molar-refractivity contribution < 1.29 is 31.5 Å². The van der Waals surface area contributed by atoms with Crippen molar-refractivity contribution in [1.82, 2.24) is 9.29 Å². The summed E-state index contributed by atoms with van der Waals surface area (Å²) in [6.45, 7) is -0.110. The fourth-order valence-electron chi connectivity index (χ4n) is 3.07. The van der Waals surface area contributed by atoms with E-state index in [0.717, 1.165) is 10.4 Å². The fourth-order valence-corrected chi connectivity index (χ4v) is 4.63. The van der Waals surface area contributed by atoms with E-state index >= 15 is 0 Å². The molecule has 3 N–H and O–H groups in total. The zero-order valence-corrected chi connectivity index (χ0v) is 15.4. The third-order valence-electron chi connectivity index (χ3n) is 4.60. The lowest BCUT2D eigenvalue weighted by molar-refractivity contribution is 0.0548. The van der Waals surface area contributed by atoms with Gasteiger partial charge in [-0.2, -0.15) is 4.31 Å². The van der Waals surface area contributed by atoms with E-state index in [-0.39, 0.29) is 29.2 Å². The number of carbonyl (C=O) groups is 1. The van der Waals surface area contributed by atoms with Gasteiger partial charge in [-0.3, -0.25) is 4.79 Å². The van der Waals surface area contributed by atoms with E-state index in [0.29, 0.717) is 23.0 Å². The minimum Gasteiger partial charge on any atom is -0.390 e. The van der Waals surface area contributed by atoms with Crippen molar-refractivity contribution in [2.24, 2.45) is 0 Å². The molecule has 0 radical (unpaired) electrons. The van der Waals surface area contributed by atoms with Gasteiger partial charge in [-0.15, -0.1) is 0 Å². The lowest BCUT2D eigenvalue weighted by atomic mass is 10.1. The molecule has 29 heavy (non-hydrogen) atoms. The molecule has 1 saturated heterocycles. The van der Waals surface area contributed by atoms with Crippen molar-refractivity contribution in [2.75, 3.05) is 18.4 Å². The summed E-state index contributed by atoms with van der Waals surface area (Å²) in [6, 6.07) is 5.27. The van der Waals surface area contributed by atoms with Gasteiger partial charge in [0.25, 0.3) is 5.91 Å². The van der Waals surface area contributed by atoms with Crippen LogP contribution in [0.2, 0.25) is 0 Å². The van der Waals surface area contributed by atoms with Crippen molar-refractivity contribution in [2.45, 2.75) is 11.0 Å². The van der Waals surface area contributed by atoms with Crippen LogP contribution >= 0.6 is 0 Å². The highest BCUT2D eigenvalue weighted by Gasteiger charge is 2.36. The number of nitrogens with zero attached hydrogens (tertiary/aromatic N) is 1. The van der Waals surface area contributed by atoms with Gasteiger partial charge in [0, 0.05) is 48.0 Å². The number of anilines is 1. The first kappa shape index (κ1) is 19.4. The normalized spacial score (nSPS) is 15.4. The summed E-state index contributed by atoms with van der Waals surface area (Å²) < 4.78 is 66.4. The van der Waals surface area contributed by atoms with Crippen LogP contribution in [0.25, 0.3) is 10.9 Å². The summed E-state index contributed by atoms with van der Waals surface area (Å²) in [4.78, 5) is 15.3. The highest BCUT2D eigenvalue weighted by atomic mass is 32.2. The number of benzene rings is 2. The molecule has 0 bridgehead atoms. The zero-order valence-electron chi connectivity index (χ0n) is 14.6. The number of halogens is 3. The van der Waals surface area contributed by atoms with Gasteiger partial charge in [0.1, 0.15) is 0 Å². The van der Waals surface area contributed by atoms with Crippen LogP contribution in [0.4, 0.5) is 18.9 Å². The van der Waals surface area contributed by atoms with E-state index in [2.05, 4.69) is 10.3 Å². The van der Waals surface area contributed by atoms with Gasteiger partial charge in [0.15, 0.2) is 17.5 Å². The van der Waals surface area contributed by atoms with Gasteiger partial charge in [-0.25, -0.2) is 21.6 Å². The molecule has 152 valence electrons. The van der Waals surface area contributed by atoms with Crippen molar-refractivity contribution in [3.8, 4) is 0 Å². The molecular formula is C18H14F3N3O4S. The maximum Gasteiger partial charge on any atom is 0.256 e. The van der Waals surface area contributed by atoms with E-state index in [1.165, 1.54) is 12.3 Å². The molecule has 0 unspecified atom stereocenters. The first-order chi connectivity index (χ1) is 13.7.